The van der Waals surface area contributed by atoms with Crippen LogP contribution in [0.15, 0.2) is 29.3 Å². The Balaban J connectivity index is 2.40. The Labute approximate surface area is 111 Å². The molecule has 0 spiro atoms. The highest BCUT2D eigenvalue weighted by Crippen LogP contribution is 2.18. The molecule has 2 aromatic heterocycles. The van der Waals surface area contributed by atoms with Crippen LogP contribution in [0.5, 0.6) is 0 Å². The number of pyridine rings is 1. The second-order valence-corrected chi connectivity index (χ2v) is 5.70. The fourth-order valence-corrected chi connectivity index (χ4v) is 3.00. The van der Waals surface area contributed by atoms with Crippen molar-refractivity contribution in [2.24, 2.45) is 12.8 Å². The number of rotatable bonds is 4. The first-order valence-electron chi connectivity index (χ1n) is 5.61. The molecule has 0 amide bonds. The largest absolute Gasteiger partial charge is 0.325 e. The zero-order valence-electron chi connectivity index (χ0n) is 10.7. The lowest BCUT2D eigenvalue weighted by molar-refractivity contribution is 0.598. The number of nitrogens with one attached hydrogen (secondary N) is 1. The molecule has 3 N–H and O–H groups in total. The molecule has 0 aliphatic heterocycles. The Kier molecular flexibility index (Phi) is 3.54. The van der Waals surface area contributed by atoms with Gasteiger partial charge in [0.15, 0.2) is 0 Å². The molecule has 0 aliphatic rings. The lowest BCUT2D eigenvalue weighted by atomic mass is 10.3. The predicted molar refractivity (Wildman–Crippen MR) is 70.9 cm³/mol. The van der Waals surface area contributed by atoms with Crippen LogP contribution in [-0.2, 0) is 23.6 Å². The van der Waals surface area contributed by atoms with E-state index in [9.17, 15) is 8.42 Å². The molecule has 7 nitrogen and oxygen atoms in total. The number of nitrogens with two attached hydrogens (primary N) is 1. The second-order valence-electron chi connectivity index (χ2n) is 4.05. The molecule has 0 aromatic carbocycles. The quantitative estimate of drug-likeness (QED) is 0.843. The van der Waals surface area contributed by atoms with Crippen molar-refractivity contribution < 1.29 is 8.42 Å². The maximum Gasteiger partial charge on any atom is 0.264 e. The normalized spacial score (nSPS) is 11.5. The van der Waals surface area contributed by atoms with Crippen LogP contribution in [-0.4, -0.2) is 23.2 Å². The van der Waals surface area contributed by atoms with Gasteiger partial charge in [0.1, 0.15) is 10.7 Å². The summed E-state index contributed by atoms with van der Waals surface area (Å²) in [7, 11) is -2.05. The minimum absolute atomic E-state index is 0.0570. The Morgan fingerprint density at radius 2 is 2.21 bits per heavy atom. The summed E-state index contributed by atoms with van der Waals surface area (Å²) < 4.78 is 28.5. The lowest BCUT2D eigenvalue weighted by Gasteiger charge is -2.10. The number of nitrogens with zero attached hydrogens (tertiary/aromatic N) is 3. The molecule has 102 valence electrons. The first kappa shape index (κ1) is 13.5. The Morgan fingerprint density at radius 1 is 1.47 bits per heavy atom. The van der Waals surface area contributed by atoms with Gasteiger partial charge in [-0.1, -0.05) is 0 Å². The summed E-state index contributed by atoms with van der Waals surface area (Å²) >= 11 is 0. The second kappa shape index (κ2) is 4.98. The average Bonchev–Trinajstić information content (AvgIpc) is 2.67. The molecule has 8 heteroatoms. The van der Waals surface area contributed by atoms with E-state index < -0.39 is 10.0 Å². The molecule has 0 saturated heterocycles. The van der Waals surface area contributed by atoms with Crippen molar-refractivity contribution in [3.05, 3.63) is 35.8 Å². The highest BCUT2D eigenvalue weighted by atomic mass is 32.2. The van der Waals surface area contributed by atoms with Crippen molar-refractivity contribution in [3.8, 4) is 0 Å². The van der Waals surface area contributed by atoms with Crippen LogP contribution < -0.4 is 10.5 Å². The summed E-state index contributed by atoms with van der Waals surface area (Å²) in [6.45, 7) is 1.84. The molecule has 0 bridgehead atoms. The summed E-state index contributed by atoms with van der Waals surface area (Å²) in [5.41, 5.74) is 6.56. The number of hydrogen-bond donors (Lipinski definition) is 2. The Hall–Kier alpha value is -1.93. The van der Waals surface area contributed by atoms with E-state index in [0.717, 1.165) is 5.69 Å². The molecule has 0 aliphatic carbocycles. The molecule has 2 heterocycles. The van der Waals surface area contributed by atoms with E-state index in [1.165, 1.54) is 16.9 Å². The van der Waals surface area contributed by atoms with E-state index in [1.54, 1.807) is 26.1 Å². The molecule has 0 unspecified atom stereocenters. The highest BCUT2D eigenvalue weighted by molar-refractivity contribution is 7.92. The minimum Gasteiger partial charge on any atom is -0.325 e. The van der Waals surface area contributed by atoms with Crippen LogP contribution in [0.1, 0.15) is 11.4 Å². The summed E-state index contributed by atoms with van der Waals surface area (Å²) in [5, 5.41) is 4.08. The smallest absolute Gasteiger partial charge is 0.264 e. The van der Waals surface area contributed by atoms with Crippen LogP contribution in [0, 0.1) is 6.92 Å². The standard InChI is InChI=1S/C11H15N5O2S/c1-8-6-11(16(2)14-8)15-19(17,18)10-4-3-5-13-9(10)7-12/h3-6,15H,7,12H2,1-2H3. The first-order valence-corrected chi connectivity index (χ1v) is 7.10. The van der Waals surface area contributed by atoms with Gasteiger partial charge in [0.05, 0.1) is 11.4 Å². The topological polar surface area (TPSA) is 103 Å². The van der Waals surface area contributed by atoms with Crippen molar-refractivity contribution >= 4 is 15.8 Å². The van der Waals surface area contributed by atoms with E-state index in [1.807, 2.05) is 0 Å². The molecule has 0 radical (unpaired) electrons. The SMILES string of the molecule is Cc1cc(NS(=O)(=O)c2cccnc2CN)n(C)n1. The number of hydrogen-bond acceptors (Lipinski definition) is 5. The summed E-state index contributed by atoms with van der Waals surface area (Å²) in [5.74, 6) is 0.393. The van der Waals surface area contributed by atoms with Crippen molar-refractivity contribution in [3.63, 3.8) is 0 Å². The van der Waals surface area contributed by atoms with E-state index in [2.05, 4.69) is 14.8 Å². The number of sulfonamides is 1. The molecule has 0 atom stereocenters. The van der Waals surface area contributed by atoms with Crippen LogP contribution in [0.2, 0.25) is 0 Å². The molecular weight excluding hydrogens is 266 g/mol. The van der Waals surface area contributed by atoms with E-state index in [4.69, 9.17) is 5.73 Å². The fraction of sp³-hybridized carbons (Fsp3) is 0.273. The highest BCUT2D eigenvalue weighted by Gasteiger charge is 2.20. The molecule has 0 saturated carbocycles. The van der Waals surface area contributed by atoms with Gasteiger partial charge in [-0.3, -0.25) is 14.4 Å². The van der Waals surface area contributed by atoms with Crippen molar-refractivity contribution in [2.45, 2.75) is 18.4 Å². The van der Waals surface area contributed by atoms with E-state index in [-0.39, 0.29) is 11.4 Å². The number of aryl methyl sites for hydroxylation is 2. The molecule has 0 fully saturated rings. The first-order chi connectivity index (χ1) is 8.94. The third-order valence-corrected chi connectivity index (χ3v) is 4.00. The zero-order chi connectivity index (χ0) is 14.0. The van der Waals surface area contributed by atoms with Gasteiger partial charge in [-0.05, 0) is 19.1 Å². The maximum atomic E-state index is 12.3. The Morgan fingerprint density at radius 3 is 2.79 bits per heavy atom. The van der Waals surface area contributed by atoms with Gasteiger partial charge in [0.25, 0.3) is 10.0 Å². The average molecular weight is 281 g/mol. The monoisotopic (exact) mass is 281 g/mol. The lowest BCUT2D eigenvalue weighted by Crippen LogP contribution is -2.18. The Bertz CT molecular complexity index is 693. The van der Waals surface area contributed by atoms with Gasteiger partial charge < -0.3 is 5.73 Å². The summed E-state index contributed by atoms with van der Waals surface area (Å²) in [6, 6.07) is 4.68. The number of aromatic nitrogens is 3. The van der Waals surface area contributed by atoms with Crippen molar-refractivity contribution in [1.29, 1.82) is 0 Å². The van der Waals surface area contributed by atoms with Crippen LogP contribution in [0.4, 0.5) is 5.82 Å². The van der Waals surface area contributed by atoms with E-state index in [0.29, 0.717) is 11.5 Å². The van der Waals surface area contributed by atoms with Gasteiger partial charge in [-0.15, -0.1) is 0 Å². The van der Waals surface area contributed by atoms with Crippen LogP contribution in [0.25, 0.3) is 0 Å². The third-order valence-electron chi connectivity index (χ3n) is 2.57. The van der Waals surface area contributed by atoms with E-state index >= 15 is 0 Å². The summed E-state index contributed by atoms with van der Waals surface area (Å²) in [4.78, 5) is 4.05. The van der Waals surface area contributed by atoms with Crippen LogP contribution in [0.3, 0.4) is 0 Å². The minimum atomic E-state index is -3.72. The van der Waals surface area contributed by atoms with Gasteiger partial charge in [0.2, 0.25) is 0 Å². The molecule has 2 rings (SSSR count). The van der Waals surface area contributed by atoms with Gasteiger partial charge in [0, 0.05) is 25.9 Å². The van der Waals surface area contributed by atoms with Crippen molar-refractivity contribution in [1.82, 2.24) is 14.8 Å². The van der Waals surface area contributed by atoms with Crippen molar-refractivity contribution in [2.75, 3.05) is 4.72 Å². The third kappa shape index (κ3) is 2.74. The zero-order valence-corrected chi connectivity index (χ0v) is 11.5. The molecule has 2 aromatic rings. The molecular formula is C11H15N5O2S. The molecule has 19 heavy (non-hydrogen) atoms. The maximum absolute atomic E-state index is 12.3. The summed E-state index contributed by atoms with van der Waals surface area (Å²) in [6.07, 6.45) is 1.51. The van der Waals surface area contributed by atoms with Gasteiger partial charge in [-0.2, -0.15) is 5.10 Å². The fourth-order valence-electron chi connectivity index (χ4n) is 1.72. The van der Waals surface area contributed by atoms with Gasteiger partial charge in [-0.25, -0.2) is 8.42 Å². The van der Waals surface area contributed by atoms with Gasteiger partial charge >= 0.3 is 0 Å². The number of anilines is 1. The van der Waals surface area contributed by atoms with Crippen LogP contribution >= 0.6 is 0 Å². The predicted octanol–water partition coefficient (Wildman–Crippen LogP) is 0.383.